The van der Waals surface area contributed by atoms with Crippen molar-refractivity contribution >= 4 is 46.3 Å². The first-order valence-electron chi connectivity index (χ1n) is 5.64. The number of carbonyl (C=O) groups is 2. The van der Waals surface area contributed by atoms with Crippen molar-refractivity contribution in [3.05, 3.63) is 46.1 Å². The van der Waals surface area contributed by atoms with E-state index in [4.69, 9.17) is 16.7 Å². The van der Waals surface area contributed by atoms with E-state index in [1.807, 2.05) is 5.38 Å². The van der Waals surface area contributed by atoms with E-state index >= 15 is 0 Å². The monoisotopic (exact) mass is 310 g/mol. The van der Waals surface area contributed by atoms with Gasteiger partial charge in [0.1, 0.15) is 6.54 Å². The van der Waals surface area contributed by atoms with Gasteiger partial charge in [-0.05, 0) is 35.7 Å². The zero-order chi connectivity index (χ0) is 14.5. The van der Waals surface area contributed by atoms with Crippen LogP contribution in [0.3, 0.4) is 0 Å². The molecule has 0 atom stereocenters. The molecule has 2 amide bonds. The molecular weight excluding hydrogens is 300 g/mol. The Bertz CT molecular complexity index is 599. The fraction of sp³-hybridized carbons (Fsp3) is 0.0769. The number of aliphatic carboxylic acids is 1. The number of benzene rings is 1. The lowest BCUT2D eigenvalue weighted by atomic mass is 10.3. The van der Waals surface area contributed by atoms with Gasteiger partial charge in [-0.1, -0.05) is 11.6 Å². The highest BCUT2D eigenvalue weighted by atomic mass is 35.5. The first-order chi connectivity index (χ1) is 9.56. The van der Waals surface area contributed by atoms with Gasteiger partial charge in [-0.3, -0.25) is 9.69 Å². The minimum absolute atomic E-state index is 0.433. The molecule has 0 saturated carbocycles. The molecule has 0 spiro atoms. The molecule has 1 aromatic heterocycles. The maximum absolute atomic E-state index is 12.2. The van der Waals surface area contributed by atoms with Gasteiger partial charge in [-0.15, -0.1) is 0 Å². The molecule has 1 aromatic carbocycles. The summed E-state index contributed by atoms with van der Waals surface area (Å²) in [7, 11) is 0. The van der Waals surface area contributed by atoms with E-state index in [0.717, 1.165) is 4.90 Å². The lowest BCUT2D eigenvalue weighted by Crippen LogP contribution is -2.38. The predicted molar refractivity (Wildman–Crippen MR) is 79.8 cm³/mol. The largest absolute Gasteiger partial charge is 0.480 e. The minimum atomic E-state index is -1.10. The molecule has 104 valence electrons. The summed E-state index contributed by atoms with van der Waals surface area (Å²) in [5.41, 5.74) is 1.09. The van der Waals surface area contributed by atoms with E-state index in [9.17, 15) is 9.59 Å². The highest BCUT2D eigenvalue weighted by Gasteiger charge is 2.19. The number of carboxylic acids is 1. The van der Waals surface area contributed by atoms with Gasteiger partial charge in [0.15, 0.2) is 0 Å². The van der Waals surface area contributed by atoms with Crippen molar-refractivity contribution in [2.24, 2.45) is 0 Å². The Balaban J connectivity index is 2.20. The molecule has 0 bridgehead atoms. The molecule has 0 aliphatic carbocycles. The van der Waals surface area contributed by atoms with E-state index in [-0.39, 0.29) is 0 Å². The van der Waals surface area contributed by atoms with Gasteiger partial charge in [0.2, 0.25) is 0 Å². The average molecular weight is 311 g/mol. The van der Waals surface area contributed by atoms with Crippen LogP contribution in [0.2, 0.25) is 5.02 Å². The van der Waals surface area contributed by atoms with Gasteiger partial charge in [0.05, 0.1) is 5.69 Å². The smallest absolute Gasteiger partial charge is 0.326 e. The molecule has 2 N–H and O–H groups in total. The second-order valence-corrected chi connectivity index (χ2v) is 5.11. The number of hydrogen-bond donors (Lipinski definition) is 2. The van der Waals surface area contributed by atoms with Crippen molar-refractivity contribution in [1.29, 1.82) is 0 Å². The molecule has 0 unspecified atom stereocenters. The summed E-state index contributed by atoms with van der Waals surface area (Å²) in [4.78, 5) is 24.2. The summed E-state index contributed by atoms with van der Waals surface area (Å²) in [5.74, 6) is -1.10. The molecule has 0 radical (unpaired) electrons. The number of nitrogens with one attached hydrogen (secondary N) is 1. The fourth-order valence-corrected chi connectivity index (χ4v) is 2.28. The third-order valence-corrected chi connectivity index (χ3v) is 3.38. The Hall–Kier alpha value is -2.05. The van der Waals surface area contributed by atoms with Crippen molar-refractivity contribution < 1.29 is 14.7 Å². The lowest BCUT2D eigenvalue weighted by molar-refractivity contribution is -0.135. The number of carboxylic acid groups (broad SMARTS) is 1. The van der Waals surface area contributed by atoms with Crippen LogP contribution in [0.25, 0.3) is 0 Å². The lowest BCUT2D eigenvalue weighted by Gasteiger charge is -2.21. The van der Waals surface area contributed by atoms with Crippen LogP contribution in [0.5, 0.6) is 0 Å². The van der Waals surface area contributed by atoms with Crippen LogP contribution in [0.15, 0.2) is 41.1 Å². The van der Waals surface area contributed by atoms with Gasteiger partial charge < -0.3 is 10.4 Å². The van der Waals surface area contributed by atoms with Gasteiger partial charge in [0.25, 0.3) is 0 Å². The molecule has 0 fully saturated rings. The van der Waals surface area contributed by atoms with E-state index in [2.05, 4.69) is 5.32 Å². The zero-order valence-corrected chi connectivity index (χ0v) is 11.8. The van der Waals surface area contributed by atoms with Gasteiger partial charge in [0, 0.05) is 16.1 Å². The Kier molecular flexibility index (Phi) is 4.60. The van der Waals surface area contributed by atoms with Crippen molar-refractivity contribution in [2.45, 2.75) is 0 Å². The quantitative estimate of drug-likeness (QED) is 0.907. The first-order valence-corrected chi connectivity index (χ1v) is 6.96. The summed E-state index contributed by atoms with van der Waals surface area (Å²) in [6, 6.07) is 7.63. The SMILES string of the molecule is O=C(O)CN(C(=O)Nc1ccsc1)c1ccc(Cl)cc1. The molecule has 1 heterocycles. The second kappa shape index (κ2) is 6.40. The molecule has 2 aromatic rings. The Morgan fingerprint density at radius 2 is 1.95 bits per heavy atom. The van der Waals surface area contributed by atoms with E-state index < -0.39 is 18.5 Å². The summed E-state index contributed by atoms with van der Waals surface area (Å²) >= 11 is 7.22. The summed E-state index contributed by atoms with van der Waals surface area (Å²) in [6.45, 7) is -0.433. The normalized spacial score (nSPS) is 10.1. The fourth-order valence-electron chi connectivity index (χ4n) is 1.56. The Morgan fingerprint density at radius 3 is 2.50 bits per heavy atom. The minimum Gasteiger partial charge on any atom is -0.480 e. The number of hydrogen-bond acceptors (Lipinski definition) is 3. The van der Waals surface area contributed by atoms with Gasteiger partial charge >= 0.3 is 12.0 Å². The van der Waals surface area contributed by atoms with Crippen molar-refractivity contribution in [2.75, 3.05) is 16.8 Å². The number of anilines is 2. The number of nitrogens with zero attached hydrogens (tertiary/aromatic N) is 1. The molecule has 2 rings (SSSR count). The molecule has 20 heavy (non-hydrogen) atoms. The van der Waals surface area contributed by atoms with Gasteiger partial charge in [-0.25, -0.2) is 4.79 Å². The second-order valence-electron chi connectivity index (χ2n) is 3.90. The van der Waals surface area contributed by atoms with Crippen molar-refractivity contribution in [3.63, 3.8) is 0 Å². The Labute approximate surface area is 124 Å². The molecule has 7 heteroatoms. The predicted octanol–water partition coefficient (Wildman–Crippen LogP) is 3.52. The van der Waals surface area contributed by atoms with Crippen LogP contribution in [0.1, 0.15) is 0 Å². The third kappa shape index (κ3) is 3.72. The number of thiophene rings is 1. The molecule has 0 aliphatic rings. The maximum atomic E-state index is 12.2. The Morgan fingerprint density at radius 1 is 1.25 bits per heavy atom. The molecule has 0 saturated heterocycles. The number of halogens is 1. The van der Waals surface area contributed by atoms with Crippen LogP contribution >= 0.6 is 22.9 Å². The van der Waals surface area contributed by atoms with Crippen LogP contribution in [0.4, 0.5) is 16.2 Å². The number of urea groups is 1. The number of carbonyl (C=O) groups excluding carboxylic acids is 1. The van der Waals surface area contributed by atoms with Crippen LogP contribution in [-0.4, -0.2) is 23.7 Å². The molecule has 0 aliphatic heterocycles. The van der Waals surface area contributed by atoms with Crippen LogP contribution < -0.4 is 10.2 Å². The van der Waals surface area contributed by atoms with Crippen molar-refractivity contribution in [3.8, 4) is 0 Å². The molecule has 5 nitrogen and oxygen atoms in total. The standard InChI is InChI=1S/C13H11ClN2O3S/c14-9-1-3-11(4-2-9)16(7-12(17)18)13(19)15-10-5-6-20-8-10/h1-6,8H,7H2,(H,15,19)(H,17,18). The summed E-state index contributed by atoms with van der Waals surface area (Å²) in [5, 5.41) is 15.7. The molecular formula is C13H11ClN2O3S. The first kappa shape index (κ1) is 14.4. The van der Waals surface area contributed by atoms with E-state index in [1.165, 1.54) is 11.3 Å². The number of rotatable bonds is 4. The highest BCUT2D eigenvalue weighted by molar-refractivity contribution is 7.08. The van der Waals surface area contributed by atoms with Crippen LogP contribution in [-0.2, 0) is 4.79 Å². The van der Waals surface area contributed by atoms with Crippen LogP contribution in [0, 0.1) is 0 Å². The maximum Gasteiger partial charge on any atom is 0.326 e. The number of amides is 2. The van der Waals surface area contributed by atoms with E-state index in [1.54, 1.807) is 35.7 Å². The van der Waals surface area contributed by atoms with Gasteiger partial charge in [-0.2, -0.15) is 11.3 Å². The summed E-state index contributed by atoms with van der Waals surface area (Å²) in [6.07, 6.45) is 0. The van der Waals surface area contributed by atoms with E-state index in [0.29, 0.717) is 16.4 Å². The topological polar surface area (TPSA) is 69.6 Å². The highest BCUT2D eigenvalue weighted by Crippen LogP contribution is 2.20. The zero-order valence-electron chi connectivity index (χ0n) is 10.2. The van der Waals surface area contributed by atoms with Crippen molar-refractivity contribution in [1.82, 2.24) is 0 Å². The summed E-state index contributed by atoms with van der Waals surface area (Å²) < 4.78 is 0. The third-order valence-electron chi connectivity index (χ3n) is 2.45. The average Bonchev–Trinajstić information content (AvgIpc) is 2.89.